The molecule has 0 saturated carbocycles. The summed E-state index contributed by atoms with van der Waals surface area (Å²) in [6.07, 6.45) is -17.2. The van der Waals surface area contributed by atoms with Crippen LogP contribution >= 0.6 is 0 Å². The van der Waals surface area contributed by atoms with Crippen molar-refractivity contribution in [3.63, 3.8) is 0 Å². The maximum absolute atomic E-state index is 11.2. The van der Waals surface area contributed by atoms with E-state index in [1.165, 1.54) is 0 Å². The van der Waals surface area contributed by atoms with Gasteiger partial charge in [-0.25, -0.2) is 8.98 Å². The predicted octanol–water partition coefficient (Wildman–Crippen LogP) is -5.51. The van der Waals surface area contributed by atoms with Crippen LogP contribution in [0.5, 0.6) is 0 Å². The highest BCUT2D eigenvalue weighted by molar-refractivity contribution is 7.80. The zero-order valence-corrected chi connectivity index (χ0v) is 14.8. The zero-order chi connectivity index (χ0) is 21.4. The average Bonchev–Trinajstić information content (AvgIpc) is 2.59. The second kappa shape index (κ2) is 8.78. The number of aliphatic hydroxyl groups is 5. The lowest BCUT2D eigenvalue weighted by Gasteiger charge is -2.45. The average molecular weight is 435 g/mol. The number of carboxylic acid groups (broad SMARTS) is 1. The number of aliphatic hydroxyl groups excluding tert-OH is 5. The third kappa shape index (κ3) is 4.93. The molecular formula is C12H21NO14S. The minimum absolute atomic E-state index is 0.824. The summed E-state index contributed by atoms with van der Waals surface area (Å²) in [6, 6.07) is -1.44. The van der Waals surface area contributed by atoms with Gasteiger partial charge in [0, 0.05) is 0 Å². The first kappa shape index (κ1) is 23.3. The first-order chi connectivity index (χ1) is 12.9. The van der Waals surface area contributed by atoms with Crippen molar-refractivity contribution < 1.29 is 66.8 Å². The first-order valence-corrected chi connectivity index (χ1v) is 9.17. The van der Waals surface area contributed by atoms with Crippen molar-refractivity contribution in [1.29, 1.82) is 0 Å². The van der Waals surface area contributed by atoms with Crippen LogP contribution in [0, 0.1) is 0 Å². The van der Waals surface area contributed by atoms with Gasteiger partial charge in [0.15, 0.2) is 24.8 Å². The highest BCUT2D eigenvalue weighted by atomic mass is 32.3. The van der Waals surface area contributed by atoms with Crippen LogP contribution in [0.2, 0.25) is 0 Å². The summed E-state index contributed by atoms with van der Waals surface area (Å²) in [5.41, 5.74) is 5.52. The summed E-state index contributed by atoms with van der Waals surface area (Å²) in [6.45, 7) is -0.824. The smallest absolute Gasteiger partial charge is 0.397 e. The lowest BCUT2D eigenvalue weighted by molar-refractivity contribution is -0.335. The minimum atomic E-state index is -5.23. The van der Waals surface area contributed by atoms with Gasteiger partial charge >= 0.3 is 16.4 Å². The number of aliphatic carboxylic acids is 1. The lowest BCUT2D eigenvalue weighted by atomic mass is 9.96. The van der Waals surface area contributed by atoms with Gasteiger partial charge in [-0.2, -0.15) is 8.42 Å². The minimum Gasteiger partial charge on any atom is -0.479 e. The Morgan fingerprint density at radius 3 is 2.14 bits per heavy atom. The molecule has 0 spiro atoms. The summed E-state index contributed by atoms with van der Waals surface area (Å²) < 4.78 is 50.2. The van der Waals surface area contributed by atoms with Crippen LogP contribution in [0.25, 0.3) is 0 Å². The molecule has 164 valence electrons. The summed E-state index contributed by atoms with van der Waals surface area (Å²) in [5.74, 6) is -1.75. The van der Waals surface area contributed by atoms with Crippen molar-refractivity contribution in [1.82, 2.24) is 0 Å². The van der Waals surface area contributed by atoms with E-state index in [1.54, 1.807) is 0 Å². The standard InChI is InChI=1S/C12H21NO14S/c13-3-4(15)7(2(1-14)24-11(3)20)25-12-9(27-28(21,22)23)6(17)5(16)8(26-12)10(18)19/h2-9,11-12,14-17,20H,1,13H2,(H,18,19)(H,21,22,23)/t2-,3-,4-,5+,6+,7-,8+,9-,11+,12-/m1/s1. The molecule has 0 aromatic carbocycles. The molecule has 2 rings (SSSR count). The van der Waals surface area contributed by atoms with Crippen LogP contribution in [0.4, 0.5) is 0 Å². The molecule has 2 heterocycles. The van der Waals surface area contributed by atoms with E-state index < -0.39 is 84.3 Å². The molecule has 9 N–H and O–H groups in total. The molecule has 16 heteroatoms. The van der Waals surface area contributed by atoms with Crippen LogP contribution < -0.4 is 5.73 Å². The molecule has 28 heavy (non-hydrogen) atoms. The van der Waals surface area contributed by atoms with Crippen molar-refractivity contribution in [3.05, 3.63) is 0 Å². The normalized spacial score (nSPS) is 45.0. The number of ether oxygens (including phenoxy) is 3. The molecule has 2 aliphatic rings. The van der Waals surface area contributed by atoms with E-state index in [2.05, 4.69) is 4.18 Å². The van der Waals surface area contributed by atoms with Crippen molar-refractivity contribution in [2.75, 3.05) is 6.61 Å². The Balaban J connectivity index is 2.32. The van der Waals surface area contributed by atoms with Gasteiger partial charge in [-0.3, -0.25) is 4.55 Å². The summed E-state index contributed by atoms with van der Waals surface area (Å²) in [7, 11) is -5.23. The van der Waals surface area contributed by atoms with Gasteiger partial charge in [0.05, 0.1) is 12.6 Å². The van der Waals surface area contributed by atoms with E-state index in [4.69, 9.17) is 29.6 Å². The van der Waals surface area contributed by atoms with E-state index in [-0.39, 0.29) is 0 Å². The van der Waals surface area contributed by atoms with E-state index in [0.717, 1.165) is 0 Å². The quantitative estimate of drug-likeness (QED) is 0.181. The number of carbonyl (C=O) groups is 1. The number of rotatable bonds is 6. The van der Waals surface area contributed by atoms with Crippen LogP contribution in [-0.2, 0) is 33.6 Å². The number of hydrogen-bond acceptors (Lipinski definition) is 13. The van der Waals surface area contributed by atoms with E-state index in [0.29, 0.717) is 0 Å². The Hall–Kier alpha value is -1.02. The molecule has 2 aliphatic heterocycles. The van der Waals surface area contributed by atoms with Gasteiger partial charge < -0.3 is 50.6 Å². The largest absolute Gasteiger partial charge is 0.479 e. The molecule has 10 atom stereocenters. The Labute approximate surface area is 157 Å². The summed E-state index contributed by atoms with van der Waals surface area (Å²) >= 11 is 0. The van der Waals surface area contributed by atoms with E-state index in [9.17, 15) is 38.7 Å². The topological polar surface area (TPSA) is 256 Å². The molecule has 2 saturated heterocycles. The van der Waals surface area contributed by atoms with Gasteiger partial charge in [-0.05, 0) is 0 Å². The Morgan fingerprint density at radius 1 is 1.04 bits per heavy atom. The van der Waals surface area contributed by atoms with Crippen molar-refractivity contribution in [3.8, 4) is 0 Å². The van der Waals surface area contributed by atoms with E-state index in [1.807, 2.05) is 0 Å². The first-order valence-electron chi connectivity index (χ1n) is 7.81. The highest BCUT2D eigenvalue weighted by Crippen LogP contribution is 2.30. The highest BCUT2D eigenvalue weighted by Gasteiger charge is 2.53. The molecule has 0 aromatic rings. The van der Waals surface area contributed by atoms with Crippen molar-refractivity contribution >= 4 is 16.4 Å². The molecule has 0 aliphatic carbocycles. The molecule has 0 radical (unpaired) electrons. The Bertz CT molecular complexity index is 657. The van der Waals surface area contributed by atoms with Gasteiger partial charge in [-0.1, -0.05) is 0 Å². The van der Waals surface area contributed by atoms with Crippen LogP contribution in [0.1, 0.15) is 0 Å². The fraction of sp³-hybridized carbons (Fsp3) is 0.917. The van der Waals surface area contributed by atoms with Gasteiger partial charge in [0.1, 0.15) is 30.5 Å². The fourth-order valence-electron chi connectivity index (χ4n) is 2.82. The predicted molar refractivity (Wildman–Crippen MR) is 81.6 cm³/mol. The number of nitrogens with two attached hydrogens (primary N) is 1. The van der Waals surface area contributed by atoms with Gasteiger partial charge in [0.25, 0.3) is 0 Å². The van der Waals surface area contributed by atoms with Crippen LogP contribution in [0.3, 0.4) is 0 Å². The molecule has 0 bridgehead atoms. The Morgan fingerprint density at radius 2 is 1.64 bits per heavy atom. The van der Waals surface area contributed by atoms with Crippen LogP contribution in [-0.4, -0.2) is 118 Å². The van der Waals surface area contributed by atoms with Gasteiger partial charge in [0.2, 0.25) is 0 Å². The third-order valence-corrected chi connectivity index (χ3v) is 4.70. The lowest BCUT2D eigenvalue weighted by Crippen LogP contribution is -2.66. The zero-order valence-electron chi connectivity index (χ0n) is 14.0. The fourth-order valence-corrected chi connectivity index (χ4v) is 3.30. The van der Waals surface area contributed by atoms with Crippen molar-refractivity contribution in [2.45, 2.75) is 61.3 Å². The van der Waals surface area contributed by atoms with E-state index >= 15 is 0 Å². The second-order valence-electron chi connectivity index (χ2n) is 6.15. The summed E-state index contributed by atoms with van der Waals surface area (Å²) in [4.78, 5) is 11.2. The van der Waals surface area contributed by atoms with Crippen molar-refractivity contribution in [2.24, 2.45) is 5.73 Å². The maximum Gasteiger partial charge on any atom is 0.397 e. The molecule has 0 unspecified atom stereocenters. The van der Waals surface area contributed by atoms with Gasteiger partial charge in [-0.15, -0.1) is 0 Å². The number of hydrogen-bond donors (Lipinski definition) is 8. The van der Waals surface area contributed by atoms with Crippen LogP contribution in [0.15, 0.2) is 0 Å². The monoisotopic (exact) mass is 435 g/mol. The maximum atomic E-state index is 11.2. The molecule has 0 amide bonds. The SMILES string of the molecule is N[C@@H]1[C@@H](O)[C@H](O[C@@H]2O[C@H](C(=O)O)[C@@H](O)[C@H](O)[C@H]2OS(=O)(=O)O)[C@@H](CO)O[C@@H]1O. The number of carboxylic acids is 1. The Kier molecular flexibility index (Phi) is 7.29. The molecule has 0 aromatic heterocycles. The second-order valence-corrected chi connectivity index (χ2v) is 7.20. The molecule has 15 nitrogen and oxygen atoms in total. The molecular weight excluding hydrogens is 414 g/mol. The summed E-state index contributed by atoms with van der Waals surface area (Å²) in [5, 5.41) is 58.0. The third-order valence-electron chi connectivity index (χ3n) is 4.23. The molecule has 2 fully saturated rings.